The van der Waals surface area contributed by atoms with Crippen molar-refractivity contribution in [2.24, 2.45) is 11.5 Å². The lowest BCUT2D eigenvalue weighted by atomic mass is 9.98. The van der Waals surface area contributed by atoms with Crippen molar-refractivity contribution in [3.63, 3.8) is 0 Å². The Balaban J connectivity index is 1.30. The molecule has 34 heavy (non-hydrogen) atoms. The van der Waals surface area contributed by atoms with Crippen LogP contribution >= 0.6 is 0 Å². The summed E-state index contributed by atoms with van der Waals surface area (Å²) in [6.07, 6.45) is 5.74. The Bertz CT molecular complexity index is 1210. The molecule has 0 unspecified atom stereocenters. The third-order valence-electron chi connectivity index (χ3n) is 6.56. The van der Waals surface area contributed by atoms with E-state index < -0.39 is 11.9 Å². The van der Waals surface area contributed by atoms with E-state index in [1.165, 1.54) is 0 Å². The number of amides is 2. The summed E-state index contributed by atoms with van der Waals surface area (Å²) in [5.41, 5.74) is 14.7. The van der Waals surface area contributed by atoms with E-state index in [2.05, 4.69) is 30.9 Å². The van der Waals surface area contributed by atoms with Crippen LogP contribution in [0.15, 0.2) is 30.9 Å². The van der Waals surface area contributed by atoms with Gasteiger partial charge in [0.2, 0.25) is 11.8 Å². The molecule has 0 spiro atoms. The summed E-state index contributed by atoms with van der Waals surface area (Å²) in [6, 6.07) is 5.20. The van der Waals surface area contributed by atoms with Crippen LogP contribution < -0.4 is 21.1 Å². The van der Waals surface area contributed by atoms with Gasteiger partial charge >= 0.3 is 0 Å². The van der Waals surface area contributed by atoms with E-state index in [1.54, 1.807) is 17.6 Å². The molecule has 0 bridgehead atoms. The maximum atomic E-state index is 12.7. The highest BCUT2D eigenvalue weighted by molar-refractivity contribution is 5.87. The average Bonchev–Trinajstić information content (AvgIpc) is 3.50. The van der Waals surface area contributed by atoms with Crippen LogP contribution in [0.25, 0.3) is 11.2 Å². The van der Waals surface area contributed by atoms with E-state index in [0.29, 0.717) is 31.8 Å². The first-order valence-electron chi connectivity index (χ1n) is 11.5. The van der Waals surface area contributed by atoms with Gasteiger partial charge in [0.15, 0.2) is 11.5 Å². The second-order valence-corrected chi connectivity index (χ2v) is 8.78. The zero-order valence-electron chi connectivity index (χ0n) is 18.8. The SMILES string of the molecule is NC(=O)C[C@H](N)C(=O)N1CCc2cccc(OC[C@H]3CCCN3c3ncnc4[nH]cnc34)c2C1. The Morgan fingerprint density at radius 3 is 2.97 bits per heavy atom. The number of imidazole rings is 1. The van der Waals surface area contributed by atoms with Gasteiger partial charge in [-0.25, -0.2) is 15.0 Å². The largest absolute Gasteiger partial charge is 0.491 e. The Morgan fingerprint density at radius 2 is 2.12 bits per heavy atom. The van der Waals surface area contributed by atoms with E-state index in [4.69, 9.17) is 16.2 Å². The molecule has 11 heteroatoms. The highest BCUT2D eigenvalue weighted by Crippen LogP contribution is 2.31. The summed E-state index contributed by atoms with van der Waals surface area (Å²) in [7, 11) is 0. The average molecular weight is 465 g/mol. The van der Waals surface area contributed by atoms with E-state index in [1.807, 2.05) is 12.1 Å². The molecule has 3 aromatic rings. The van der Waals surface area contributed by atoms with Crippen LogP contribution in [-0.2, 0) is 22.6 Å². The third kappa shape index (κ3) is 4.26. The first-order chi connectivity index (χ1) is 16.5. The van der Waals surface area contributed by atoms with Crippen molar-refractivity contribution in [3.8, 4) is 5.75 Å². The molecule has 11 nitrogen and oxygen atoms in total. The van der Waals surface area contributed by atoms with Gasteiger partial charge < -0.3 is 31.0 Å². The molecule has 2 aromatic heterocycles. The van der Waals surface area contributed by atoms with Crippen LogP contribution in [0.1, 0.15) is 30.4 Å². The number of nitrogens with one attached hydrogen (secondary N) is 1. The number of ether oxygens (including phenoxy) is 1. The Labute approximate surface area is 196 Å². The number of benzene rings is 1. The topological polar surface area (TPSA) is 156 Å². The molecule has 1 fully saturated rings. The van der Waals surface area contributed by atoms with Crippen molar-refractivity contribution >= 4 is 28.8 Å². The van der Waals surface area contributed by atoms with E-state index >= 15 is 0 Å². The smallest absolute Gasteiger partial charge is 0.240 e. The van der Waals surface area contributed by atoms with Crippen LogP contribution in [0.4, 0.5) is 5.82 Å². The fourth-order valence-electron chi connectivity index (χ4n) is 4.85. The number of carbonyl (C=O) groups is 2. The molecule has 1 aromatic carbocycles. The van der Waals surface area contributed by atoms with Gasteiger partial charge in [0, 0.05) is 25.2 Å². The number of aromatic amines is 1. The maximum Gasteiger partial charge on any atom is 0.240 e. The number of anilines is 1. The number of hydrogen-bond donors (Lipinski definition) is 3. The van der Waals surface area contributed by atoms with Crippen molar-refractivity contribution in [1.82, 2.24) is 24.8 Å². The number of nitrogens with zero attached hydrogens (tertiary/aromatic N) is 5. The van der Waals surface area contributed by atoms with E-state index in [0.717, 1.165) is 47.6 Å². The summed E-state index contributed by atoms with van der Waals surface area (Å²) < 4.78 is 6.33. The summed E-state index contributed by atoms with van der Waals surface area (Å²) in [6.45, 7) is 2.30. The molecule has 5 rings (SSSR count). The second-order valence-electron chi connectivity index (χ2n) is 8.78. The Morgan fingerprint density at radius 1 is 1.24 bits per heavy atom. The molecule has 2 aliphatic rings. The Kier molecular flexibility index (Phi) is 6.01. The predicted molar refractivity (Wildman–Crippen MR) is 125 cm³/mol. The summed E-state index contributed by atoms with van der Waals surface area (Å²) in [5.74, 6) is 0.720. The van der Waals surface area contributed by atoms with Crippen molar-refractivity contribution in [3.05, 3.63) is 42.0 Å². The van der Waals surface area contributed by atoms with Crippen molar-refractivity contribution < 1.29 is 14.3 Å². The minimum atomic E-state index is -0.925. The highest BCUT2D eigenvalue weighted by atomic mass is 16.5. The van der Waals surface area contributed by atoms with Crippen LogP contribution in [0.2, 0.25) is 0 Å². The number of primary amides is 1. The monoisotopic (exact) mass is 464 g/mol. The first kappa shape index (κ1) is 22.1. The molecule has 178 valence electrons. The number of rotatable bonds is 7. The predicted octanol–water partition coefficient (Wildman–Crippen LogP) is 0.488. The zero-order valence-corrected chi connectivity index (χ0v) is 18.8. The molecule has 0 saturated carbocycles. The zero-order chi connectivity index (χ0) is 23.7. The Hall–Kier alpha value is -3.73. The van der Waals surface area contributed by atoms with Crippen molar-refractivity contribution in [1.29, 1.82) is 0 Å². The summed E-state index contributed by atoms with van der Waals surface area (Å²) >= 11 is 0. The molecular formula is C23H28N8O3. The second kappa shape index (κ2) is 9.26. The van der Waals surface area contributed by atoms with Gasteiger partial charge in [0.1, 0.15) is 24.2 Å². The number of fused-ring (bicyclic) bond motifs is 2. The summed E-state index contributed by atoms with van der Waals surface area (Å²) in [5, 5.41) is 0. The lowest BCUT2D eigenvalue weighted by Crippen LogP contribution is -2.47. The lowest BCUT2D eigenvalue weighted by molar-refractivity contribution is -0.135. The molecular weight excluding hydrogens is 436 g/mol. The number of H-pyrrole nitrogens is 1. The van der Waals surface area contributed by atoms with Gasteiger partial charge in [-0.05, 0) is 30.9 Å². The maximum absolute atomic E-state index is 12.7. The van der Waals surface area contributed by atoms with Crippen molar-refractivity contribution in [2.75, 3.05) is 24.6 Å². The minimum Gasteiger partial charge on any atom is -0.491 e. The van der Waals surface area contributed by atoms with Crippen molar-refractivity contribution in [2.45, 2.75) is 44.3 Å². The van der Waals surface area contributed by atoms with Crippen LogP contribution in [0.3, 0.4) is 0 Å². The molecule has 5 N–H and O–H groups in total. The van der Waals surface area contributed by atoms with Gasteiger partial charge in [-0.2, -0.15) is 0 Å². The van der Waals surface area contributed by atoms with Gasteiger partial charge in [-0.15, -0.1) is 0 Å². The molecule has 2 atom stereocenters. The standard InChI is InChI=1S/C23H28N8O3/c24-17(9-19(25)32)23(33)30-8-6-14-3-1-5-18(16(14)10-30)34-11-15-4-2-7-31(15)22-20-21(27-12-26-20)28-13-29-22/h1,3,5,12-13,15,17H,2,4,6-11,24H2,(H2,25,32)(H,26,27,28,29)/t15-,17+/m1/s1. The summed E-state index contributed by atoms with van der Waals surface area (Å²) in [4.78, 5) is 44.0. The molecule has 4 heterocycles. The number of hydrogen-bond acceptors (Lipinski definition) is 8. The highest BCUT2D eigenvalue weighted by Gasteiger charge is 2.30. The number of nitrogens with two attached hydrogens (primary N) is 2. The lowest BCUT2D eigenvalue weighted by Gasteiger charge is -2.32. The first-order valence-corrected chi connectivity index (χ1v) is 11.5. The fourth-order valence-corrected chi connectivity index (χ4v) is 4.85. The third-order valence-corrected chi connectivity index (χ3v) is 6.56. The van der Waals surface area contributed by atoms with Crippen LogP contribution in [-0.4, -0.2) is 68.4 Å². The molecule has 0 aliphatic carbocycles. The molecule has 0 radical (unpaired) electrons. The normalized spacial score (nSPS) is 18.7. The minimum absolute atomic E-state index is 0.149. The van der Waals surface area contributed by atoms with Gasteiger partial charge in [-0.1, -0.05) is 12.1 Å². The molecule has 1 saturated heterocycles. The van der Waals surface area contributed by atoms with Crippen LogP contribution in [0, 0.1) is 0 Å². The number of aromatic nitrogens is 4. The molecule has 2 amide bonds. The van der Waals surface area contributed by atoms with Gasteiger partial charge in [-0.3, -0.25) is 9.59 Å². The fraction of sp³-hybridized carbons (Fsp3) is 0.435. The number of carbonyl (C=O) groups excluding carboxylic acids is 2. The molecule has 2 aliphatic heterocycles. The van der Waals surface area contributed by atoms with Gasteiger partial charge in [0.05, 0.1) is 24.8 Å². The van der Waals surface area contributed by atoms with Crippen LogP contribution in [0.5, 0.6) is 5.75 Å². The van der Waals surface area contributed by atoms with E-state index in [-0.39, 0.29) is 18.4 Å². The van der Waals surface area contributed by atoms with Gasteiger partial charge in [0.25, 0.3) is 0 Å². The van der Waals surface area contributed by atoms with E-state index in [9.17, 15) is 9.59 Å². The quantitative estimate of drug-likeness (QED) is 0.456.